The van der Waals surface area contributed by atoms with Crippen LogP contribution < -0.4 is 0 Å². The van der Waals surface area contributed by atoms with Gasteiger partial charge >= 0.3 is 0 Å². The van der Waals surface area contributed by atoms with Gasteiger partial charge < -0.3 is 0 Å². The summed E-state index contributed by atoms with van der Waals surface area (Å²) in [5.74, 6) is 0.604. The summed E-state index contributed by atoms with van der Waals surface area (Å²) in [4.78, 5) is 0. The fraction of sp³-hybridized carbons (Fsp3) is 0.333. The average Bonchev–Trinajstić information content (AvgIpc) is 2.37. The maximum Gasteiger partial charge on any atom is -0.00667 e. The quantitative estimate of drug-likeness (QED) is 0.611. The number of hydrogen-bond acceptors (Lipinski definition) is 0. The summed E-state index contributed by atoms with van der Waals surface area (Å²) < 4.78 is 0. The maximum atomic E-state index is 2.37. The van der Waals surface area contributed by atoms with Crippen LogP contribution in [0.25, 0.3) is 10.8 Å². The van der Waals surface area contributed by atoms with Gasteiger partial charge in [-0.2, -0.15) is 0 Å². The summed E-state index contributed by atoms with van der Waals surface area (Å²) in [6.07, 6.45) is 4.59. The summed E-state index contributed by atoms with van der Waals surface area (Å²) in [6.45, 7) is 6.74. The zero-order chi connectivity index (χ0) is 12.7. The number of benzene rings is 2. The van der Waals surface area contributed by atoms with Gasteiger partial charge in [0.2, 0.25) is 0 Å². The molecule has 0 spiro atoms. The van der Waals surface area contributed by atoms with Crippen molar-refractivity contribution < 1.29 is 0 Å². The number of allylic oxidation sites excluding steroid dienone is 2. The number of rotatable bonds is 1. The molecular weight excluding hydrogens is 216 g/mol. The first-order valence-electron chi connectivity index (χ1n) is 6.85. The third-order valence-electron chi connectivity index (χ3n) is 4.04. The van der Waals surface area contributed by atoms with Crippen LogP contribution in [0.5, 0.6) is 0 Å². The molecule has 0 bridgehead atoms. The lowest BCUT2D eigenvalue weighted by molar-refractivity contribution is 0.868. The van der Waals surface area contributed by atoms with E-state index in [1.165, 1.54) is 33.0 Å². The van der Waals surface area contributed by atoms with Crippen LogP contribution in [0, 0.1) is 0 Å². The van der Waals surface area contributed by atoms with Gasteiger partial charge in [0.15, 0.2) is 0 Å². The van der Waals surface area contributed by atoms with Crippen molar-refractivity contribution in [3.05, 3.63) is 58.7 Å². The lowest BCUT2D eigenvalue weighted by Crippen LogP contribution is -2.02. The van der Waals surface area contributed by atoms with E-state index in [2.05, 4.69) is 57.2 Å². The van der Waals surface area contributed by atoms with Gasteiger partial charge in [0.05, 0.1) is 0 Å². The molecule has 1 aliphatic rings. The maximum absolute atomic E-state index is 2.37. The monoisotopic (exact) mass is 236 g/mol. The minimum Gasteiger partial charge on any atom is -0.0808 e. The average molecular weight is 236 g/mol. The molecular formula is C18H20. The molecule has 0 saturated carbocycles. The van der Waals surface area contributed by atoms with Gasteiger partial charge in [0.1, 0.15) is 0 Å². The van der Waals surface area contributed by atoms with Gasteiger partial charge in [0, 0.05) is 0 Å². The van der Waals surface area contributed by atoms with Crippen molar-refractivity contribution in [3.63, 3.8) is 0 Å². The van der Waals surface area contributed by atoms with Gasteiger partial charge in [-0.15, -0.1) is 0 Å². The molecule has 0 radical (unpaired) electrons. The number of hydrogen-bond donors (Lipinski definition) is 0. The van der Waals surface area contributed by atoms with Crippen LogP contribution in [0.4, 0.5) is 0 Å². The molecule has 1 aliphatic carbocycles. The Bertz CT molecular complexity index is 630. The molecule has 0 aromatic heterocycles. The highest BCUT2D eigenvalue weighted by molar-refractivity contribution is 5.88. The largest absolute Gasteiger partial charge is 0.0808 e. The van der Waals surface area contributed by atoms with Gasteiger partial charge in [-0.3, -0.25) is 0 Å². The van der Waals surface area contributed by atoms with Crippen LogP contribution in [-0.2, 0) is 12.8 Å². The highest BCUT2D eigenvalue weighted by Crippen LogP contribution is 2.30. The van der Waals surface area contributed by atoms with Gasteiger partial charge in [-0.05, 0) is 53.1 Å². The van der Waals surface area contributed by atoms with Crippen molar-refractivity contribution in [2.24, 2.45) is 0 Å². The SMILES string of the molecule is CC1=CCc2c(ccc3cc(C(C)C)ccc23)C1. The molecule has 92 valence electrons. The summed E-state index contributed by atoms with van der Waals surface area (Å²) in [6, 6.07) is 11.6. The fourth-order valence-corrected chi connectivity index (χ4v) is 2.87. The van der Waals surface area contributed by atoms with E-state index in [0.29, 0.717) is 5.92 Å². The van der Waals surface area contributed by atoms with Crippen LogP contribution in [-0.4, -0.2) is 0 Å². The second kappa shape index (κ2) is 4.28. The second-order valence-electron chi connectivity index (χ2n) is 5.77. The molecule has 0 fully saturated rings. The molecule has 3 rings (SSSR count). The first-order valence-corrected chi connectivity index (χ1v) is 6.85. The van der Waals surface area contributed by atoms with Crippen molar-refractivity contribution in [1.82, 2.24) is 0 Å². The fourth-order valence-electron chi connectivity index (χ4n) is 2.87. The first-order chi connectivity index (χ1) is 8.65. The van der Waals surface area contributed by atoms with Crippen molar-refractivity contribution >= 4 is 10.8 Å². The Balaban J connectivity index is 2.18. The van der Waals surface area contributed by atoms with Crippen molar-refractivity contribution in [3.8, 4) is 0 Å². The number of fused-ring (bicyclic) bond motifs is 3. The Morgan fingerprint density at radius 2 is 1.89 bits per heavy atom. The van der Waals surface area contributed by atoms with Crippen LogP contribution in [0.3, 0.4) is 0 Å². The molecule has 0 N–H and O–H groups in total. The molecule has 0 heterocycles. The van der Waals surface area contributed by atoms with Crippen LogP contribution in [0.15, 0.2) is 42.0 Å². The molecule has 0 unspecified atom stereocenters. The molecule has 2 aromatic rings. The topological polar surface area (TPSA) is 0 Å². The molecule has 0 atom stereocenters. The Morgan fingerprint density at radius 1 is 1.06 bits per heavy atom. The molecule has 0 nitrogen and oxygen atoms in total. The van der Waals surface area contributed by atoms with Gasteiger partial charge in [-0.25, -0.2) is 0 Å². The van der Waals surface area contributed by atoms with Crippen LogP contribution in [0.1, 0.15) is 43.4 Å². The zero-order valence-electron chi connectivity index (χ0n) is 11.5. The summed E-state index contributed by atoms with van der Waals surface area (Å²) >= 11 is 0. The van der Waals surface area contributed by atoms with E-state index in [-0.39, 0.29) is 0 Å². The van der Waals surface area contributed by atoms with E-state index in [4.69, 9.17) is 0 Å². The van der Waals surface area contributed by atoms with E-state index in [9.17, 15) is 0 Å². The molecule has 0 heteroatoms. The standard InChI is InChI=1S/C18H20/c1-12(2)14-7-9-18-16(11-14)6-5-15-10-13(3)4-8-17(15)18/h4-7,9,11-12H,8,10H2,1-3H3. The van der Waals surface area contributed by atoms with Crippen molar-refractivity contribution in [1.29, 1.82) is 0 Å². The van der Waals surface area contributed by atoms with Gasteiger partial charge in [-0.1, -0.05) is 55.8 Å². The highest BCUT2D eigenvalue weighted by Gasteiger charge is 2.12. The zero-order valence-corrected chi connectivity index (χ0v) is 11.5. The smallest absolute Gasteiger partial charge is 0.00667 e. The van der Waals surface area contributed by atoms with Crippen molar-refractivity contribution in [2.45, 2.75) is 39.5 Å². The summed E-state index contributed by atoms with van der Waals surface area (Å²) in [5, 5.41) is 2.84. The highest BCUT2D eigenvalue weighted by atomic mass is 14.2. The van der Waals surface area contributed by atoms with E-state index < -0.39 is 0 Å². The van der Waals surface area contributed by atoms with Crippen LogP contribution >= 0.6 is 0 Å². The lowest BCUT2D eigenvalue weighted by Gasteiger charge is -2.18. The third-order valence-corrected chi connectivity index (χ3v) is 4.04. The Kier molecular flexibility index (Phi) is 2.74. The van der Waals surface area contributed by atoms with Crippen LogP contribution in [0.2, 0.25) is 0 Å². The van der Waals surface area contributed by atoms with E-state index in [1.807, 2.05) is 0 Å². The lowest BCUT2D eigenvalue weighted by atomic mass is 9.87. The first kappa shape index (κ1) is 11.5. The summed E-state index contributed by atoms with van der Waals surface area (Å²) in [5.41, 5.74) is 5.99. The molecule has 2 aromatic carbocycles. The molecule has 18 heavy (non-hydrogen) atoms. The summed E-state index contributed by atoms with van der Waals surface area (Å²) in [7, 11) is 0. The molecule has 0 aliphatic heterocycles. The minimum absolute atomic E-state index is 0.604. The second-order valence-corrected chi connectivity index (χ2v) is 5.77. The molecule has 0 saturated heterocycles. The van der Waals surface area contributed by atoms with Gasteiger partial charge in [0.25, 0.3) is 0 Å². The predicted octanol–water partition coefficient (Wildman–Crippen LogP) is 5.01. The van der Waals surface area contributed by atoms with Crippen molar-refractivity contribution in [2.75, 3.05) is 0 Å². The Hall–Kier alpha value is -1.56. The normalized spacial score (nSPS) is 14.8. The van der Waals surface area contributed by atoms with E-state index >= 15 is 0 Å². The third kappa shape index (κ3) is 1.86. The Labute approximate surface area is 109 Å². The van der Waals surface area contributed by atoms with E-state index in [0.717, 1.165) is 12.8 Å². The minimum atomic E-state index is 0.604. The molecule has 0 amide bonds. The Morgan fingerprint density at radius 3 is 2.67 bits per heavy atom. The van der Waals surface area contributed by atoms with E-state index in [1.54, 1.807) is 0 Å². The predicted molar refractivity (Wildman–Crippen MR) is 79.2 cm³/mol.